The van der Waals surface area contributed by atoms with Crippen LogP contribution in [0.3, 0.4) is 0 Å². The van der Waals surface area contributed by atoms with Crippen LogP contribution in [0.25, 0.3) is 0 Å². The summed E-state index contributed by atoms with van der Waals surface area (Å²) in [5.74, 6) is 3.21. The van der Waals surface area contributed by atoms with E-state index in [-0.39, 0.29) is 0 Å². The third-order valence-electron chi connectivity index (χ3n) is 5.14. The second-order valence-electron chi connectivity index (χ2n) is 6.76. The molecule has 1 saturated carbocycles. The van der Waals surface area contributed by atoms with Gasteiger partial charge in [-0.15, -0.1) is 0 Å². The fraction of sp³-hybridized carbons (Fsp3) is 0.556. The van der Waals surface area contributed by atoms with Crippen molar-refractivity contribution in [2.45, 2.75) is 40.0 Å². The number of fused-ring (bicyclic) bond motifs is 1. The molecule has 20 heavy (non-hydrogen) atoms. The fourth-order valence-electron chi connectivity index (χ4n) is 3.89. The molecule has 2 aliphatic rings. The Bertz CT molecular complexity index is 534. The highest BCUT2D eigenvalue weighted by Gasteiger charge is 2.38. The third-order valence-corrected chi connectivity index (χ3v) is 6.00. The van der Waals surface area contributed by atoms with Gasteiger partial charge in [0.1, 0.15) is 0 Å². The van der Waals surface area contributed by atoms with Crippen molar-refractivity contribution in [1.82, 2.24) is 0 Å². The average molecular weight is 334 g/mol. The predicted octanol–water partition coefficient (Wildman–Crippen LogP) is 5.76. The van der Waals surface area contributed by atoms with Crippen molar-refractivity contribution in [2.75, 3.05) is 5.32 Å². The van der Waals surface area contributed by atoms with Crippen LogP contribution in [0.15, 0.2) is 34.4 Å². The first kappa shape index (κ1) is 14.2. The normalized spacial score (nSPS) is 32.7. The highest BCUT2D eigenvalue weighted by molar-refractivity contribution is 9.10. The highest BCUT2D eigenvalue weighted by Crippen LogP contribution is 2.47. The second kappa shape index (κ2) is 5.55. The number of halogens is 1. The van der Waals surface area contributed by atoms with Gasteiger partial charge < -0.3 is 5.32 Å². The van der Waals surface area contributed by atoms with Crippen molar-refractivity contribution in [3.05, 3.63) is 40.0 Å². The van der Waals surface area contributed by atoms with E-state index in [1.54, 1.807) is 0 Å². The molecule has 1 unspecified atom stereocenters. The lowest BCUT2D eigenvalue weighted by Crippen LogP contribution is -2.26. The van der Waals surface area contributed by atoms with Crippen LogP contribution >= 0.6 is 15.9 Å². The van der Waals surface area contributed by atoms with Gasteiger partial charge in [0.25, 0.3) is 0 Å². The van der Waals surface area contributed by atoms with E-state index < -0.39 is 0 Å². The van der Waals surface area contributed by atoms with Crippen LogP contribution in [0.4, 0.5) is 5.69 Å². The maximum absolute atomic E-state index is 3.69. The standard InChI is InChI=1S/C18H24BrN/c1-11-4-7-15-13(3)9-18(16(15)8-11)20-14-6-5-12(2)17(19)10-14/h5-6,9-11,13,15-16,20H,4,7-8H2,1-3H3/t11-,13?,15+,16-/m1/s1. The van der Waals surface area contributed by atoms with Gasteiger partial charge in [0.05, 0.1) is 0 Å². The molecule has 0 heterocycles. The number of anilines is 1. The zero-order chi connectivity index (χ0) is 14.3. The lowest BCUT2D eigenvalue weighted by Gasteiger charge is -2.34. The van der Waals surface area contributed by atoms with Crippen molar-refractivity contribution in [3.63, 3.8) is 0 Å². The number of hydrogen-bond acceptors (Lipinski definition) is 1. The molecular weight excluding hydrogens is 310 g/mol. The third kappa shape index (κ3) is 2.67. The lowest BCUT2D eigenvalue weighted by atomic mass is 9.73. The van der Waals surface area contributed by atoms with Crippen molar-refractivity contribution < 1.29 is 0 Å². The monoisotopic (exact) mass is 333 g/mol. The summed E-state index contributed by atoms with van der Waals surface area (Å²) in [4.78, 5) is 0. The fourth-order valence-corrected chi connectivity index (χ4v) is 4.27. The van der Waals surface area contributed by atoms with Gasteiger partial charge >= 0.3 is 0 Å². The molecule has 4 atom stereocenters. The molecule has 1 N–H and O–H groups in total. The van der Waals surface area contributed by atoms with Gasteiger partial charge in [-0.05, 0) is 55.2 Å². The molecule has 1 nitrogen and oxygen atoms in total. The summed E-state index contributed by atoms with van der Waals surface area (Å²) in [6, 6.07) is 6.55. The molecule has 2 aliphatic carbocycles. The summed E-state index contributed by atoms with van der Waals surface area (Å²) in [7, 11) is 0. The minimum Gasteiger partial charge on any atom is -0.359 e. The average Bonchev–Trinajstić information content (AvgIpc) is 2.70. The zero-order valence-electron chi connectivity index (χ0n) is 12.6. The van der Waals surface area contributed by atoms with Gasteiger partial charge in [0, 0.05) is 21.8 Å². The molecule has 1 aromatic rings. The Morgan fingerprint density at radius 3 is 2.75 bits per heavy atom. The Kier molecular flexibility index (Phi) is 3.94. The van der Waals surface area contributed by atoms with Crippen LogP contribution in [0.1, 0.15) is 38.7 Å². The van der Waals surface area contributed by atoms with Crippen molar-refractivity contribution in [1.29, 1.82) is 0 Å². The molecule has 1 fully saturated rings. The molecule has 0 amide bonds. The van der Waals surface area contributed by atoms with Crippen LogP contribution in [-0.2, 0) is 0 Å². The first-order chi connectivity index (χ1) is 9.54. The predicted molar refractivity (Wildman–Crippen MR) is 89.7 cm³/mol. The quantitative estimate of drug-likeness (QED) is 0.725. The Labute approximate surface area is 131 Å². The largest absolute Gasteiger partial charge is 0.359 e. The lowest BCUT2D eigenvalue weighted by molar-refractivity contribution is 0.203. The molecular formula is C18H24BrN. The van der Waals surface area contributed by atoms with E-state index in [4.69, 9.17) is 0 Å². The van der Waals surface area contributed by atoms with Gasteiger partial charge in [-0.25, -0.2) is 0 Å². The van der Waals surface area contributed by atoms with E-state index >= 15 is 0 Å². The Morgan fingerprint density at radius 1 is 1.20 bits per heavy atom. The van der Waals surface area contributed by atoms with Crippen molar-refractivity contribution in [2.24, 2.45) is 23.7 Å². The molecule has 2 heteroatoms. The van der Waals surface area contributed by atoms with E-state index in [1.165, 1.54) is 40.7 Å². The molecule has 0 aliphatic heterocycles. The Hall–Kier alpha value is -0.760. The number of hydrogen-bond donors (Lipinski definition) is 1. The molecule has 3 rings (SSSR count). The van der Waals surface area contributed by atoms with E-state index in [1.807, 2.05) is 0 Å². The van der Waals surface area contributed by atoms with Crippen LogP contribution in [-0.4, -0.2) is 0 Å². The van der Waals surface area contributed by atoms with Crippen LogP contribution in [0.2, 0.25) is 0 Å². The summed E-state index contributed by atoms with van der Waals surface area (Å²) >= 11 is 3.63. The summed E-state index contributed by atoms with van der Waals surface area (Å²) in [6.07, 6.45) is 6.62. The molecule has 0 aromatic heterocycles. The van der Waals surface area contributed by atoms with E-state index in [2.05, 4.69) is 66.3 Å². The smallest absolute Gasteiger partial charge is 0.0393 e. The topological polar surface area (TPSA) is 12.0 Å². The van der Waals surface area contributed by atoms with Crippen molar-refractivity contribution in [3.8, 4) is 0 Å². The summed E-state index contributed by atoms with van der Waals surface area (Å²) in [6.45, 7) is 6.91. The van der Waals surface area contributed by atoms with Gasteiger partial charge in [-0.2, -0.15) is 0 Å². The van der Waals surface area contributed by atoms with E-state index in [9.17, 15) is 0 Å². The Morgan fingerprint density at radius 2 is 2.00 bits per heavy atom. The van der Waals surface area contributed by atoms with Crippen LogP contribution in [0, 0.1) is 30.6 Å². The summed E-state index contributed by atoms with van der Waals surface area (Å²) < 4.78 is 1.18. The van der Waals surface area contributed by atoms with Crippen LogP contribution in [0.5, 0.6) is 0 Å². The highest BCUT2D eigenvalue weighted by atomic mass is 79.9. The maximum atomic E-state index is 3.69. The van der Waals surface area contributed by atoms with Gasteiger partial charge in [-0.1, -0.05) is 48.3 Å². The van der Waals surface area contributed by atoms with E-state index in [0.717, 1.165) is 23.7 Å². The SMILES string of the molecule is Cc1ccc(NC2=CC(C)[C@@H]3CC[C@@H](C)C[C@@H]23)cc1Br. The molecule has 0 saturated heterocycles. The molecule has 0 bridgehead atoms. The number of nitrogens with one attached hydrogen (secondary N) is 1. The maximum Gasteiger partial charge on any atom is 0.0393 e. The molecule has 0 radical (unpaired) electrons. The van der Waals surface area contributed by atoms with E-state index in [0.29, 0.717) is 0 Å². The summed E-state index contributed by atoms with van der Waals surface area (Å²) in [5, 5.41) is 3.69. The van der Waals surface area contributed by atoms with Gasteiger partial charge in [0.2, 0.25) is 0 Å². The number of aryl methyl sites for hydroxylation is 1. The van der Waals surface area contributed by atoms with Crippen LogP contribution < -0.4 is 5.32 Å². The zero-order valence-corrected chi connectivity index (χ0v) is 14.2. The summed E-state index contributed by atoms with van der Waals surface area (Å²) in [5.41, 5.74) is 3.96. The van der Waals surface area contributed by atoms with Gasteiger partial charge in [0.15, 0.2) is 0 Å². The number of benzene rings is 1. The number of allylic oxidation sites excluding steroid dienone is 2. The molecule has 108 valence electrons. The molecule has 0 spiro atoms. The van der Waals surface area contributed by atoms with Crippen molar-refractivity contribution >= 4 is 21.6 Å². The minimum absolute atomic E-state index is 0.726. The first-order valence-corrected chi connectivity index (χ1v) is 8.59. The van der Waals surface area contributed by atoms with Gasteiger partial charge in [-0.3, -0.25) is 0 Å². The Balaban J connectivity index is 1.79. The second-order valence-corrected chi connectivity index (χ2v) is 7.61. The number of rotatable bonds is 2. The minimum atomic E-state index is 0.726. The molecule has 1 aromatic carbocycles. The first-order valence-electron chi connectivity index (χ1n) is 7.79.